The standard InChI is InChI=1S/C24H33NO/c1-5-22(17-19-10-8-7-9-11-19)25-24(26)23(6-2)21-14-12-20(13-15-21)16-18(3)4/h7-15,18,22-23H,5-6,16-17H2,1-4H3,(H,25,26). The van der Waals surface area contributed by atoms with Crippen LogP contribution in [-0.2, 0) is 17.6 Å². The van der Waals surface area contributed by atoms with E-state index in [1.165, 1.54) is 11.1 Å². The summed E-state index contributed by atoms with van der Waals surface area (Å²) in [4.78, 5) is 12.9. The Balaban J connectivity index is 2.02. The van der Waals surface area contributed by atoms with Crippen molar-refractivity contribution in [3.05, 3.63) is 71.3 Å². The highest BCUT2D eigenvalue weighted by molar-refractivity contribution is 5.83. The summed E-state index contributed by atoms with van der Waals surface area (Å²) < 4.78 is 0. The summed E-state index contributed by atoms with van der Waals surface area (Å²) in [5.41, 5.74) is 3.73. The van der Waals surface area contributed by atoms with Gasteiger partial charge >= 0.3 is 0 Å². The maximum Gasteiger partial charge on any atom is 0.227 e. The lowest BCUT2D eigenvalue weighted by Crippen LogP contribution is -2.39. The first-order valence-electron chi connectivity index (χ1n) is 9.96. The predicted molar refractivity (Wildman–Crippen MR) is 110 cm³/mol. The Hall–Kier alpha value is -2.09. The fourth-order valence-electron chi connectivity index (χ4n) is 3.43. The lowest BCUT2D eigenvalue weighted by molar-refractivity contribution is -0.123. The molecular weight excluding hydrogens is 318 g/mol. The van der Waals surface area contributed by atoms with E-state index in [1.54, 1.807) is 0 Å². The highest BCUT2D eigenvalue weighted by atomic mass is 16.1. The van der Waals surface area contributed by atoms with Crippen molar-refractivity contribution in [2.75, 3.05) is 0 Å². The van der Waals surface area contributed by atoms with E-state index in [9.17, 15) is 4.79 Å². The SMILES string of the molecule is CCC(Cc1ccccc1)NC(=O)C(CC)c1ccc(CC(C)C)cc1. The van der Waals surface area contributed by atoms with Crippen LogP contribution < -0.4 is 5.32 Å². The Morgan fingerprint density at radius 1 is 0.846 bits per heavy atom. The number of nitrogens with one attached hydrogen (secondary N) is 1. The van der Waals surface area contributed by atoms with E-state index in [0.29, 0.717) is 5.92 Å². The molecular formula is C24H33NO. The van der Waals surface area contributed by atoms with Crippen molar-refractivity contribution in [2.24, 2.45) is 5.92 Å². The third kappa shape index (κ3) is 6.01. The first-order chi connectivity index (χ1) is 12.5. The molecule has 26 heavy (non-hydrogen) atoms. The molecule has 0 radical (unpaired) electrons. The van der Waals surface area contributed by atoms with Crippen LogP contribution in [-0.4, -0.2) is 11.9 Å². The predicted octanol–water partition coefficient (Wildman–Crippen LogP) is 5.52. The van der Waals surface area contributed by atoms with Gasteiger partial charge < -0.3 is 5.32 Å². The van der Waals surface area contributed by atoms with Crippen LogP contribution in [0.3, 0.4) is 0 Å². The minimum absolute atomic E-state index is 0.0760. The second-order valence-electron chi connectivity index (χ2n) is 7.60. The zero-order valence-corrected chi connectivity index (χ0v) is 16.7. The average molecular weight is 352 g/mol. The second kappa shape index (κ2) is 10.2. The second-order valence-corrected chi connectivity index (χ2v) is 7.60. The van der Waals surface area contributed by atoms with E-state index in [2.05, 4.69) is 81.5 Å². The molecule has 0 bridgehead atoms. The molecule has 0 saturated carbocycles. The summed E-state index contributed by atoms with van der Waals surface area (Å²) in [7, 11) is 0. The van der Waals surface area contributed by atoms with Gasteiger partial charge in [0.1, 0.15) is 0 Å². The van der Waals surface area contributed by atoms with Gasteiger partial charge in [-0.2, -0.15) is 0 Å². The Bertz CT molecular complexity index is 660. The van der Waals surface area contributed by atoms with Gasteiger partial charge in [0, 0.05) is 6.04 Å². The number of benzene rings is 2. The van der Waals surface area contributed by atoms with Crippen molar-refractivity contribution in [1.82, 2.24) is 5.32 Å². The number of amides is 1. The Morgan fingerprint density at radius 2 is 1.46 bits per heavy atom. The van der Waals surface area contributed by atoms with Crippen LogP contribution in [0.25, 0.3) is 0 Å². The summed E-state index contributed by atoms with van der Waals surface area (Å²) >= 11 is 0. The summed E-state index contributed by atoms with van der Waals surface area (Å²) in [5.74, 6) is 0.717. The topological polar surface area (TPSA) is 29.1 Å². The minimum atomic E-state index is -0.0760. The van der Waals surface area contributed by atoms with Gasteiger partial charge in [0.25, 0.3) is 0 Å². The van der Waals surface area contributed by atoms with Gasteiger partial charge in [0.15, 0.2) is 0 Å². The molecule has 2 heteroatoms. The third-order valence-corrected chi connectivity index (χ3v) is 4.91. The molecule has 2 atom stereocenters. The molecule has 2 aromatic rings. The molecule has 0 spiro atoms. The van der Waals surface area contributed by atoms with Gasteiger partial charge in [-0.05, 0) is 48.3 Å². The Morgan fingerprint density at radius 3 is 2.00 bits per heavy atom. The number of carbonyl (C=O) groups excluding carboxylic acids is 1. The van der Waals surface area contributed by atoms with E-state index in [4.69, 9.17) is 0 Å². The maximum absolute atomic E-state index is 12.9. The van der Waals surface area contributed by atoms with Crippen LogP contribution in [0.1, 0.15) is 63.1 Å². The van der Waals surface area contributed by atoms with Gasteiger partial charge in [-0.25, -0.2) is 0 Å². The van der Waals surface area contributed by atoms with Crippen LogP contribution in [0.5, 0.6) is 0 Å². The third-order valence-electron chi connectivity index (χ3n) is 4.91. The van der Waals surface area contributed by atoms with Gasteiger partial charge in [-0.15, -0.1) is 0 Å². The van der Waals surface area contributed by atoms with Gasteiger partial charge in [-0.1, -0.05) is 82.3 Å². The Kier molecular flexibility index (Phi) is 7.90. The fourth-order valence-corrected chi connectivity index (χ4v) is 3.43. The maximum atomic E-state index is 12.9. The molecule has 1 amide bonds. The number of carbonyl (C=O) groups is 1. The van der Waals surface area contributed by atoms with Crippen molar-refractivity contribution in [3.63, 3.8) is 0 Å². The number of hydrogen-bond donors (Lipinski definition) is 1. The first-order valence-corrected chi connectivity index (χ1v) is 9.96. The average Bonchev–Trinajstić information content (AvgIpc) is 2.63. The lowest BCUT2D eigenvalue weighted by Gasteiger charge is -2.22. The van der Waals surface area contributed by atoms with E-state index >= 15 is 0 Å². The van der Waals surface area contributed by atoms with Crippen molar-refractivity contribution in [1.29, 1.82) is 0 Å². The summed E-state index contributed by atoms with van der Waals surface area (Å²) in [6, 6.07) is 19.2. The molecule has 140 valence electrons. The van der Waals surface area contributed by atoms with E-state index in [0.717, 1.165) is 31.2 Å². The van der Waals surface area contributed by atoms with Crippen molar-refractivity contribution >= 4 is 5.91 Å². The molecule has 2 nitrogen and oxygen atoms in total. The normalized spacial score (nSPS) is 13.4. The van der Waals surface area contributed by atoms with Crippen molar-refractivity contribution in [3.8, 4) is 0 Å². The molecule has 0 aliphatic rings. The fraction of sp³-hybridized carbons (Fsp3) is 0.458. The van der Waals surface area contributed by atoms with Crippen LogP contribution in [0.4, 0.5) is 0 Å². The summed E-state index contributed by atoms with van der Waals surface area (Å²) in [6.07, 6.45) is 3.71. The zero-order chi connectivity index (χ0) is 18.9. The molecule has 0 heterocycles. The van der Waals surface area contributed by atoms with Gasteiger partial charge in [0.2, 0.25) is 5.91 Å². The van der Waals surface area contributed by atoms with Crippen molar-refractivity contribution in [2.45, 2.75) is 65.3 Å². The van der Waals surface area contributed by atoms with Crippen LogP contribution in [0.2, 0.25) is 0 Å². The van der Waals surface area contributed by atoms with E-state index < -0.39 is 0 Å². The summed E-state index contributed by atoms with van der Waals surface area (Å²) in [6.45, 7) is 8.68. The highest BCUT2D eigenvalue weighted by Crippen LogP contribution is 2.22. The quantitative estimate of drug-likeness (QED) is 0.633. The highest BCUT2D eigenvalue weighted by Gasteiger charge is 2.21. The molecule has 0 aromatic heterocycles. The minimum Gasteiger partial charge on any atom is -0.353 e. The largest absolute Gasteiger partial charge is 0.353 e. The smallest absolute Gasteiger partial charge is 0.227 e. The summed E-state index contributed by atoms with van der Waals surface area (Å²) in [5, 5.41) is 3.27. The van der Waals surface area contributed by atoms with E-state index in [1.807, 2.05) is 6.07 Å². The molecule has 0 fully saturated rings. The molecule has 2 rings (SSSR count). The number of hydrogen-bond acceptors (Lipinski definition) is 1. The number of rotatable bonds is 9. The molecule has 0 aliphatic heterocycles. The molecule has 0 saturated heterocycles. The lowest BCUT2D eigenvalue weighted by atomic mass is 9.92. The molecule has 1 N–H and O–H groups in total. The Labute approximate surface area is 159 Å². The van der Waals surface area contributed by atoms with Crippen LogP contribution >= 0.6 is 0 Å². The molecule has 2 aromatic carbocycles. The zero-order valence-electron chi connectivity index (χ0n) is 16.7. The first kappa shape index (κ1) is 20.2. The van der Waals surface area contributed by atoms with Crippen LogP contribution in [0.15, 0.2) is 54.6 Å². The van der Waals surface area contributed by atoms with Gasteiger partial charge in [-0.3, -0.25) is 4.79 Å². The monoisotopic (exact) mass is 351 g/mol. The van der Waals surface area contributed by atoms with E-state index in [-0.39, 0.29) is 17.9 Å². The molecule has 0 aliphatic carbocycles. The van der Waals surface area contributed by atoms with Crippen molar-refractivity contribution < 1.29 is 4.79 Å². The van der Waals surface area contributed by atoms with Gasteiger partial charge in [0.05, 0.1) is 5.92 Å². The molecule has 2 unspecified atom stereocenters. The van der Waals surface area contributed by atoms with Crippen LogP contribution in [0, 0.1) is 5.92 Å².